The highest BCUT2D eigenvalue weighted by atomic mass is 16.4. The molecule has 1 aliphatic carbocycles. The highest BCUT2D eigenvalue weighted by Crippen LogP contribution is 2.28. The van der Waals surface area contributed by atoms with Gasteiger partial charge in [0.05, 0.1) is 5.39 Å². The summed E-state index contributed by atoms with van der Waals surface area (Å²) in [7, 11) is 1.51. The Kier molecular flexibility index (Phi) is 4.08. The molecular weight excluding hydrogens is 332 g/mol. The van der Waals surface area contributed by atoms with Gasteiger partial charge in [-0.05, 0) is 49.6 Å². The molecule has 1 fully saturated rings. The molecule has 4 N–H and O–H groups in total. The van der Waals surface area contributed by atoms with Gasteiger partial charge < -0.3 is 20.7 Å². The number of fused-ring (bicyclic) bond motifs is 1. The Bertz CT molecular complexity index is 933. The van der Waals surface area contributed by atoms with Crippen LogP contribution in [-0.4, -0.2) is 39.2 Å². The number of H-pyrrole nitrogens is 1. The lowest BCUT2D eigenvalue weighted by molar-refractivity contribution is 0.203. The zero-order chi connectivity index (χ0) is 18.1. The molecular formula is C18H20N6O2. The van der Waals surface area contributed by atoms with Crippen LogP contribution in [0.5, 0.6) is 0 Å². The van der Waals surface area contributed by atoms with E-state index < -0.39 is 6.09 Å². The predicted molar refractivity (Wildman–Crippen MR) is 101 cm³/mol. The fourth-order valence-corrected chi connectivity index (χ4v) is 2.86. The van der Waals surface area contributed by atoms with Crippen LogP contribution in [0.3, 0.4) is 0 Å². The lowest BCUT2D eigenvalue weighted by atomic mass is 9.93. The topological polar surface area (TPSA) is 106 Å². The number of nitrogens with one attached hydrogen (secondary N) is 3. The van der Waals surface area contributed by atoms with Gasteiger partial charge in [0.1, 0.15) is 11.5 Å². The summed E-state index contributed by atoms with van der Waals surface area (Å²) in [5, 5.41) is 16.7. The minimum Gasteiger partial charge on any atom is -0.465 e. The summed E-state index contributed by atoms with van der Waals surface area (Å²) >= 11 is 0. The van der Waals surface area contributed by atoms with E-state index in [1.807, 2.05) is 12.3 Å². The zero-order valence-electron chi connectivity index (χ0n) is 14.4. The van der Waals surface area contributed by atoms with Gasteiger partial charge in [-0.25, -0.2) is 4.79 Å². The molecule has 0 radical (unpaired) electrons. The zero-order valence-corrected chi connectivity index (χ0v) is 14.4. The Morgan fingerprint density at radius 2 is 2.00 bits per heavy atom. The molecule has 1 aliphatic rings. The molecule has 0 atom stereocenters. The molecule has 4 rings (SSSR count). The Morgan fingerprint density at radius 1 is 1.23 bits per heavy atom. The number of amides is 1. The van der Waals surface area contributed by atoms with E-state index in [0.29, 0.717) is 17.7 Å². The fourth-order valence-electron chi connectivity index (χ4n) is 2.86. The van der Waals surface area contributed by atoms with Crippen molar-refractivity contribution in [1.29, 1.82) is 0 Å². The Morgan fingerprint density at radius 3 is 2.65 bits per heavy atom. The number of nitrogens with zero attached hydrogens (tertiary/aromatic N) is 3. The molecule has 1 amide bonds. The van der Waals surface area contributed by atoms with Crippen LogP contribution in [0.1, 0.15) is 19.3 Å². The summed E-state index contributed by atoms with van der Waals surface area (Å²) < 4.78 is 0. The monoisotopic (exact) mass is 352 g/mol. The molecule has 0 aliphatic heterocycles. The van der Waals surface area contributed by atoms with Crippen LogP contribution < -0.4 is 15.5 Å². The van der Waals surface area contributed by atoms with Crippen molar-refractivity contribution in [2.75, 3.05) is 22.6 Å². The number of aromatic nitrogens is 3. The molecule has 134 valence electrons. The third-order valence-corrected chi connectivity index (χ3v) is 4.66. The first-order valence-corrected chi connectivity index (χ1v) is 8.55. The van der Waals surface area contributed by atoms with Crippen molar-refractivity contribution in [3.63, 3.8) is 0 Å². The number of aromatic amines is 1. The maximum absolute atomic E-state index is 11.0. The number of hydrogen-bond acceptors (Lipinski definition) is 5. The van der Waals surface area contributed by atoms with Crippen LogP contribution in [0.25, 0.3) is 11.0 Å². The average Bonchev–Trinajstić information content (AvgIpc) is 3.06. The molecule has 8 nitrogen and oxygen atoms in total. The first-order valence-electron chi connectivity index (χ1n) is 8.55. The molecule has 0 spiro atoms. The summed E-state index contributed by atoms with van der Waals surface area (Å²) in [6.07, 6.45) is 4.43. The Balaban J connectivity index is 1.57. The average molecular weight is 352 g/mol. The molecule has 2 aromatic heterocycles. The van der Waals surface area contributed by atoms with Gasteiger partial charge in [-0.1, -0.05) is 0 Å². The molecule has 0 bridgehead atoms. The first kappa shape index (κ1) is 16.2. The van der Waals surface area contributed by atoms with E-state index in [1.54, 1.807) is 24.3 Å². The highest BCUT2D eigenvalue weighted by molar-refractivity contribution is 5.89. The Hall–Kier alpha value is -3.29. The third kappa shape index (κ3) is 3.13. The molecule has 26 heavy (non-hydrogen) atoms. The van der Waals surface area contributed by atoms with E-state index in [9.17, 15) is 4.79 Å². The van der Waals surface area contributed by atoms with Gasteiger partial charge in [0, 0.05) is 30.7 Å². The van der Waals surface area contributed by atoms with Crippen molar-refractivity contribution < 1.29 is 9.90 Å². The van der Waals surface area contributed by atoms with Crippen LogP contribution in [0.2, 0.25) is 0 Å². The maximum Gasteiger partial charge on any atom is 0.411 e. The number of carbonyl (C=O) groups is 1. The van der Waals surface area contributed by atoms with Crippen LogP contribution in [0, 0.1) is 0 Å². The van der Waals surface area contributed by atoms with E-state index in [-0.39, 0.29) is 0 Å². The largest absolute Gasteiger partial charge is 0.465 e. The molecule has 2 heterocycles. The lowest BCUT2D eigenvalue weighted by Crippen LogP contribution is -2.27. The van der Waals surface area contributed by atoms with Crippen molar-refractivity contribution in [2.45, 2.75) is 25.3 Å². The number of carboxylic acid groups (broad SMARTS) is 1. The van der Waals surface area contributed by atoms with E-state index in [0.717, 1.165) is 40.3 Å². The normalized spacial score (nSPS) is 14.0. The second kappa shape index (κ2) is 6.55. The molecule has 8 heteroatoms. The van der Waals surface area contributed by atoms with Crippen molar-refractivity contribution in [3.05, 3.63) is 36.5 Å². The van der Waals surface area contributed by atoms with Crippen LogP contribution >= 0.6 is 0 Å². The third-order valence-electron chi connectivity index (χ3n) is 4.66. The van der Waals surface area contributed by atoms with Crippen LogP contribution in [-0.2, 0) is 0 Å². The van der Waals surface area contributed by atoms with Gasteiger partial charge in [0.2, 0.25) is 5.95 Å². The van der Waals surface area contributed by atoms with E-state index >= 15 is 0 Å². The summed E-state index contributed by atoms with van der Waals surface area (Å²) in [4.78, 5) is 24.4. The molecule has 1 saturated carbocycles. The van der Waals surface area contributed by atoms with E-state index in [1.165, 1.54) is 13.5 Å². The number of hydrogen-bond donors (Lipinski definition) is 4. The second-order valence-corrected chi connectivity index (χ2v) is 6.42. The van der Waals surface area contributed by atoms with Crippen LogP contribution in [0.4, 0.5) is 27.9 Å². The van der Waals surface area contributed by atoms with E-state index in [2.05, 4.69) is 25.6 Å². The predicted octanol–water partition coefficient (Wildman–Crippen LogP) is 3.78. The number of benzene rings is 1. The van der Waals surface area contributed by atoms with Crippen molar-refractivity contribution >= 4 is 40.3 Å². The van der Waals surface area contributed by atoms with Crippen molar-refractivity contribution in [2.24, 2.45) is 0 Å². The number of rotatable bonds is 5. The van der Waals surface area contributed by atoms with Gasteiger partial charge in [0.15, 0.2) is 0 Å². The van der Waals surface area contributed by atoms with E-state index in [4.69, 9.17) is 5.11 Å². The number of anilines is 4. The maximum atomic E-state index is 11.0. The molecule has 3 aromatic rings. The summed E-state index contributed by atoms with van der Waals surface area (Å²) in [6, 6.07) is 9.51. The molecule has 0 unspecified atom stereocenters. The fraction of sp³-hybridized carbons (Fsp3) is 0.278. The smallest absolute Gasteiger partial charge is 0.411 e. The minimum atomic E-state index is -1.00. The lowest BCUT2D eigenvalue weighted by Gasteiger charge is -2.27. The van der Waals surface area contributed by atoms with Gasteiger partial charge >= 0.3 is 6.09 Å². The summed E-state index contributed by atoms with van der Waals surface area (Å²) in [5.41, 5.74) is 2.15. The van der Waals surface area contributed by atoms with Gasteiger partial charge in [-0.15, -0.1) is 0 Å². The first-order chi connectivity index (χ1) is 12.6. The van der Waals surface area contributed by atoms with Crippen molar-refractivity contribution in [1.82, 2.24) is 15.0 Å². The molecule has 0 saturated heterocycles. The van der Waals surface area contributed by atoms with Crippen LogP contribution in [0.15, 0.2) is 36.5 Å². The highest BCUT2D eigenvalue weighted by Gasteiger charge is 2.19. The quantitative estimate of drug-likeness (QED) is 0.557. The Labute approximate surface area is 150 Å². The van der Waals surface area contributed by atoms with Gasteiger partial charge in [-0.3, -0.25) is 4.90 Å². The minimum absolute atomic E-state index is 0.474. The second-order valence-electron chi connectivity index (χ2n) is 6.42. The standard InChI is InChI=1S/C18H20N6O2/c1-24(18(25)26)13-7-5-12(6-8-13)21-17-22-15-14(9-10-19-15)16(23-17)20-11-3-2-4-11/h5-11H,2-4H2,1H3,(H,25,26)(H3,19,20,21,22,23). The summed E-state index contributed by atoms with van der Waals surface area (Å²) in [5.74, 6) is 1.31. The molecule has 1 aromatic carbocycles. The van der Waals surface area contributed by atoms with Crippen molar-refractivity contribution in [3.8, 4) is 0 Å². The summed E-state index contributed by atoms with van der Waals surface area (Å²) in [6.45, 7) is 0. The SMILES string of the molecule is CN(C(=O)O)c1ccc(Nc2nc(NC3CCC3)c3cc[nH]c3n2)cc1. The van der Waals surface area contributed by atoms with Gasteiger partial charge in [0.25, 0.3) is 0 Å². The van der Waals surface area contributed by atoms with Gasteiger partial charge in [-0.2, -0.15) is 9.97 Å².